The van der Waals surface area contributed by atoms with Crippen LogP contribution < -0.4 is 5.32 Å². The quantitative estimate of drug-likeness (QED) is 0.0395. The van der Waals surface area contributed by atoms with Crippen molar-refractivity contribution >= 4 is 5.91 Å². The highest BCUT2D eigenvalue weighted by molar-refractivity contribution is 5.80. The number of carbonyl (C=O) groups is 1. The van der Waals surface area contributed by atoms with E-state index >= 15 is 0 Å². The van der Waals surface area contributed by atoms with Crippen LogP contribution in [0.5, 0.6) is 0 Å². The molecule has 1 amide bonds. The van der Waals surface area contributed by atoms with E-state index in [1.807, 2.05) is 0 Å². The Labute approximate surface area is 343 Å². The molecule has 4 unspecified atom stereocenters. The molecular weight excluding hydrogens is 683 g/mol. The van der Waals surface area contributed by atoms with Crippen molar-refractivity contribution < 1.29 is 25.2 Å². The summed E-state index contributed by atoms with van der Waals surface area (Å²) in [4.78, 5) is 12.5. The van der Waals surface area contributed by atoms with Crippen molar-refractivity contribution in [1.82, 2.24) is 5.32 Å². The average Bonchev–Trinajstić information content (AvgIpc) is 3.19. The molecule has 0 aliphatic carbocycles. The Morgan fingerprint density at radius 3 is 0.873 bits per heavy atom. The summed E-state index contributed by atoms with van der Waals surface area (Å²) in [5.74, 6) is -0.577. The summed E-state index contributed by atoms with van der Waals surface area (Å²) in [7, 11) is 0. The zero-order valence-corrected chi connectivity index (χ0v) is 37.2. The molecule has 0 radical (unpaired) electrons. The maximum Gasteiger partial charge on any atom is 0.249 e. The Morgan fingerprint density at radius 1 is 0.382 bits per heavy atom. The summed E-state index contributed by atoms with van der Waals surface area (Å²) < 4.78 is 0. The molecule has 5 N–H and O–H groups in total. The maximum atomic E-state index is 12.5. The lowest BCUT2D eigenvalue weighted by molar-refractivity contribution is -0.132. The molecule has 0 aromatic carbocycles. The molecule has 0 spiro atoms. The number of rotatable bonds is 46. The highest BCUT2D eigenvalue weighted by atomic mass is 16.3. The average molecular weight is 782 g/mol. The fraction of sp³-hybridized carbons (Fsp3) is 0.980. The van der Waals surface area contributed by atoms with Crippen LogP contribution >= 0.6 is 0 Å². The fourth-order valence-electron chi connectivity index (χ4n) is 8.11. The Hall–Kier alpha value is -0.690. The number of hydrogen-bond donors (Lipinski definition) is 5. The molecule has 0 fully saturated rings. The molecule has 6 heteroatoms. The van der Waals surface area contributed by atoms with Crippen LogP contribution in [0.2, 0.25) is 0 Å². The zero-order chi connectivity index (χ0) is 40.3. The van der Waals surface area contributed by atoms with E-state index in [4.69, 9.17) is 0 Å². The summed E-state index contributed by atoms with van der Waals surface area (Å²) in [6.45, 7) is 4.08. The summed E-state index contributed by atoms with van der Waals surface area (Å²) in [5.41, 5.74) is 0. The van der Waals surface area contributed by atoms with Gasteiger partial charge in [-0.3, -0.25) is 4.79 Å². The van der Waals surface area contributed by atoms with Crippen molar-refractivity contribution in [3.05, 3.63) is 0 Å². The van der Waals surface area contributed by atoms with E-state index in [0.29, 0.717) is 12.8 Å². The van der Waals surface area contributed by atoms with Gasteiger partial charge in [-0.05, 0) is 12.8 Å². The van der Waals surface area contributed by atoms with Crippen LogP contribution in [0, 0.1) is 0 Å². The predicted molar refractivity (Wildman–Crippen MR) is 238 cm³/mol. The Morgan fingerprint density at radius 2 is 0.618 bits per heavy atom. The number of aliphatic hydroxyl groups is 4. The second kappa shape index (κ2) is 44.4. The van der Waals surface area contributed by atoms with Gasteiger partial charge in [-0.2, -0.15) is 0 Å². The fourth-order valence-corrected chi connectivity index (χ4v) is 8.11. The molecule has 0 aromatic rings. The number of aliphatic hydroxyl groups excluding tert-OH is 4. The molecule has 0 aliphatic rings. The van der Waals surface area contributed by atoms with Gasteiger partial charge in [0.1, 0.15) is 12.2 Å². The van der Waals surface area contributed by atoms with Gasteiger partial charge in [0, 0.05) is 0 Å². The summed E-state index contributed by atoms with van der Waals surface area (Å²) >= 11 is 0. The molecule has 330 valence electrons. The van der Waals surface area contributed by atoms with Crippen LogP contribution in [0.15, 0.2) is 0 Å². The number of hydrogen-bond acceptors (Lipinski definition) is 5. The number of unbranched alkanes of at least 4 members (excludes halogenated alkanes) is 37. The van der Waals surface area contributed by atoms with Gasteiger partial charge in [0.15, 0.2) is 0 Å². The first-order chi connectivity index (χ1) is 27.0. The van der Waals surface area contributed by atoms with Crippen LogP contribution in [0.25, 0.3) is 0 Å². The largest absolute Gasteiger partial charge is 0.394 e. The van der Waals surface area contributed by atoms with E-state index in [1.54, 1.807) is 0 Å². The molecule has 4 atom stereocenters. The lowest BCUT2D eigenvalue weighted by Crippen LogP contribution is -2.53. The first kappa shape index (κ1) is 54.3. The molecule has 0 bridgehead atoms. The van der Waals surface area contributed by atoms with Crippen molar-refractivity contribution in [3.8, 4) is 0 Å². The van der Waals surface area contributed by atoms with Crippen LogP contribution in [-0.2, 0) is 4.79 Å². The Balaban J connectivity index is 3.62. The summed E-state index contributed by atoms with van der Waals surface area (Å²) in [5, 5.41) is 43.8. The third-order valence-corrected chi connectivity index (χ3v) is 12.1. The van der Waals surface area contributed by atoms with Crippen molar-refractivity contribution in [2.24, 2.45) is 0 Å². The highest BCUT2D eigenvalue weighted by Crippen LogP contribution is 2.18. The highest BCUT2D eigenvalue weighted by Gasteiger charge is 2.28. The van der Waals surface area contributed by atoms with Crippen molar-refractivity contribution in [2.45, 2.75) is 301 Å². The molecule has 6 nitrogen and oxygen atoms in total. The third-order valence-electron chi connectivity index (χ3n) is 12.1. The van der Waals surface area contributed by atoms with Crippen LogP contribution in [0.1, 0.15) is 277 Å². The first-order valence-corrected chi connectivity index (χ1v) is 24.9. The zero-order valence-electron chi connectivity index (χ0n) is 37.2. The molecule has 0 saturated heterocycles. The SMILES string of the molecule is CCCCCCCCCCCCCCCCCCCCCCCCCC(O)C(=O)NC(CO)C(O)C(O)CCCCCCCCCCCCCCCCCC. The Bertz CT molecular complexity index is 751. The topological polar surface area (TPSA) is 110 Å². The second-order valence-corrected chi connectivity index (χ2v) is 17.5. The minimum absolute atomic E-state index is 0.376. The van der Waals surface area contributed by atoms with Gasteiger partial charge >= 0.3 is 0 Å². The Kier molecular flexibility index (Phi) is 43.9. The van der Waals surface area contributed by atoms with Gasteiger partial charge in [0.25, 0.3) is 0 Å². The van der Waals surface area contributed by atoms with E-state index in [0.717, 1.165) is 38.5 Å². The number of amides is 1. The monoisotopic (exact) mass is 782 g/mol. The molecule has 0 aliphatic heterocycles. The van der Waals surface area contributed by atoms with E-state index < -0.39 is 36.9 Å². The molecule has 0 heterocycles. The van der Waals surface area contributed by atoms with E-state index in [-0.39, 0.29) is 0 Å². The van der Waals surface area contributed by atoms with Crippen LogP contribution in [-0.4, -0.2) is 57.3 Å². The summed E-state index contributed by atoms with van der Waals surface area (Å²) in [6.07, 6.45) is 48.6. The first-order valence-electron chi connectivity index (χ1n) is 24.9. The van der Waals surface area contributed by atoms with Crippen LogP contribution in [0.4, 0.5) is 0 Å². The van der Waals surface area contributed by atoms with Gasteiger partial charge < -0.3 is 25.7 Å². The molecule has 0 saturated carbocycles. The lowest BCUT2D eigenvalue weighted by atomic mass is 9.99. The van der Waals surface area contributed by atoms with Gasteiger partial charge in [0.2, 0.25) is 5.91 Å². The van der Waals surface area contributed by atoms with Crippen molar-refractivity contribution in [3.63, 3.8) is 0 Å². The van der Waals surface area contributed by atoms with Gasteiger partial charge in [-0.25, -0.2) is 0 Å². The van der Waals surface area contributed by atoms with E-state index in [9.17, 15) is 25.2 Å². The predicted octanol–water partition coefficient (Wildman–Crippen LogP) is 13.6. The second-order valence-electron chi connectivity index (χ2n) is 17.5. The minimum Gasteiger partial charge on any atom is -0.394 e. The third kappa shape index (κ3) is 38.6. The van der Waals surface area contributed by atoms with Gasteiger partial charge in [0.05, 0.1) is 18.8 Å². The van der Waals surface area contributed by atoms with E-state index in [2.05, 4.69) is 19.2 Å². The van der Waals surface area contributed by atoms with Gasteiger partial charge in [-0.1, -0.05) is 264 Å². The minimum atomic E-state index is -1.25. The smallest absolute Gasteiger partial charge is 0.249 e. The maximum absolute atomic E-state index is 12.5. The standard InChI is InChI=1S/C49H99NO5/c1-3-5-7-9-11-13-15-17-19-21-22-23-24-25-26-27-29-31-33-35-37-39-41-43-47(53)49(55)50-45(44-51)48(54)46(52)42-40-38-36-34-32-30-28-20-18-16-14-12-10-8-6-4-2/h45-48,51-54H,3-44H2,1-2H3,(H,50,55). The normalized spacial score (nSPS) is 13.9. The van der Waals surface area contributed by atoms with Crippen molar-refractivity contribution in [1.29, 1.82) is 0 Å². The lowest BCUT2D eigenvalue weighted by Gasteiger charge is -2.27. The molecule has 55 heavy (non-hydrogen) atoms. The number of carbonyl (C=O) groups excluding carboxylic acids is 1. The molecule has 0 aromatic heterocycles. The molecule has 0 rings (SSSR count). The number of nitrogens with one attached hydrogen (secondary N) is 1. The summed E-state index contributed by atoms with van der Waals surface area (Å²) in [6, 6.07) is -0.979. The van der Waals surface area contributed by atoms with Gasteiger partial charge in [-0.15, -0.1) is 0 Å². The molecular formula is C49H99NO5. The van der Waals surface area contributed by atoms with Crippen molar-refractivity contribution in [2.75, 3.05) is 6.61 Å². The van der Waals surface area contributed by atoms with E-state index in [1.165, 1.54) is 212 Å². The van der Waals surface area contributed by atoms with Crippen LogP contribution in [0.3, 0.4) is 0 Å².